The minimum absolute atomic E-state index is 0.00367. The van der Waals surface area contributed by atoms with Crippen molar-refractivity contribution in [2.45, 2.75) is 74.3 Å². The number of nitrogens with one attached hydrogen (secondary N) is 3. The van der Waals surface area contributed by atoms with Gasteiger partial charge in [0.25, 0.3) is 0 Å². The summed E-state index contributed by atoms with van der Waals surface area (Å²) in [5.74, 6) is -6.73. The number of nitrogens with zero attached hydrogens (tertiary/aromatic N) is 1. The Bertz CT molecular complexity index is 1710. The predicted octanol–water partition coefficient (Wildman–Crippen LogP) is -4.01. The van der Waals surface area contributed by atoms with Gasteiger partial charge in [0.2, 0.25) is 12.1 Å². The number of aliphatic hydroxyl groups is 8. The second-order valence-electron chi connectivity index (χ2n) is 15.4. The van der Waals surface area contributed by atoms with Gasteiger partial charge in [-0.25, -0.2) is 9.59 Å². The molecule has 5 rings (SSSR count). The van der Waals surface area contributed by atoms with Crippen molar-refractivity contribution in [3.63, 3.8) is 0 Å². The van der Waals surface area contributed by atoms with Crippen molar-refractivity contribution in [3.8, 4) is 0 Å². The van der Waals surface area contributed by atoms with Crippen LogP contribution in [0.4, 0.5) is 0 Å². The first-order valence-corrected chi connectivity index (χ1v) is 22.8. The number of allylic oxidation sites excluding steroid dienone is 1. The quantitative estimate of drug-likeness (QED) is 0.0142. The first-order valence-electron chi connectivity index (χ1n) is 20.3. The molecular formula is C39H60N5O16S2+. The zero-order chi connectivity index (χ0) is 45.1. The average molecular weight is 919 g/mol. The first-order chi connectivity index (χ1) is 29.8. The van der Waals surface area contributed by atoms with Crippen LogP contribution >= 0.6 is 21.6 Å². The lowest BCUT2D eigenvalue weighted by Gasteiger charge is -2.48. The number of hydrogen-bond donors (Lipinski definition) is 13. The number of aliphatic hydroxyl groups excluding tert-OH is 6. The Balaban J connectivity index is 1.62. The molecule has 2 bridgehead atoms. The van der Waals surface area contributed by atoms with E-state index in [9.17, 15) is 55.5 Å². The summed E-state index contributed by atoms with van der Waals surface area (Å²) < 4.78 is 29.9. The summed E-state index contributed by atoms with van der Waals surface area (Å²) >= 11 is 0. The van der Waals surface area contributed by atoms with Gasteiger partial charge in [0.1, 0.15) is 48.9 Å². The summed E-state index contributed by atoms with van der Waals surface area (Å²) in [4.78, 5) is 32.0. The van der Waals surface area contributed by atoms with Crippen LogP contribution in [-0.2, 0) is 33.3 Å². The van der Waals surface area contributed by atoms with Gasteiger partial charge in [-0.1, -0.05) is 39.8 Å². The first kappa shape index (κ1) is 49.9. The van der Waals surface area contributed by atoms with Crippen LogP contribution in [-0.4, -0.2) is 184 Å². The van der Waals surface area contributed by atoms with Crippen molar-refractivity contribution in [3.05, 3.63) is 59.7 Å². The number of rotatable bonds is 15. The van der Waals surface area contributed by atoms with Crippen molar-refractivity contribution in [1.29, 1.82) is 0 Å². The van der Waals surface area contributed by atoms with E-state index in [1.54, 1.807) is 12.2 Å². The van der Waals surface area contributed by atoms with Gasteiger partial charge in [-0.3, -0.25) is 15.2 Å². The molecule has 13 unspecified atom stereocenters. The third kappa shape index (κ3) is 11.6. The third-order valence-electron chi connectivity index (χ3n) is 11.6. The fraction of sp³-hybridized carbons (Fsp3) is 0.667. The summed E-state index contributed by atoms with van der Waals surface area (Å²) in [6.07, 6.45) is -1.95. The highest BCUT2D eigenvalue weighted by Gasteiger charge is 2.58. The van der Waals surface area contributed by atoms with Gasteiger partial charge in [-0.15, -0.1) is 6.58 Å². The van der Waals surface area contributed by atoms with Crippen molar-refractivity contribution in [1.82, 2.24) is 10.6 Å². The van der Waals surface area contributed by atoms with Gasteiger partial charge in [0.15, 0.2) is 18.4 Å². The molecule has 5 aliphatic rings. The Kier molecular flexibility index (Phi) is 18.7. The van der Waals surface area contributed by atoms with E-state index < -0.39 is 92.0 Å². The van der Waals surface area contributed by atoms with E-state index >= 15 is 0 Å². The minimum atomic E-state index is -3.09. The van der Waals surface area contributed by atoms with E-state index in [0.717, 1.165) is 6.26 Å². The van der Waals surface area contributed by atoms with E-state index in [-0.39, 0.29) is 67.5 Å². The van der Waals surface area contributed by atoms with Gasteiger partial charge in [-0.2, -0.15) is 0 Å². The van der Waals surface area contributed by atoms with Crippen molar-refractivity contribution >= 4 is 39.5 Å². The van der Waals surface area contributed by atoms with Crippen LogP contribution < -0.4 is 21.3 Å². The fourth-order valence-corrected chi connectivity index (χ4v) is 10.9. The monoisotopic (exact) mass is 918 g/mol. The molecule has 0 aromatic rings. The number of guanidine groups is 1. The number of likely N-dealkylation sites (N-methyl/N-ethyl adjacent to an activating group) is 1. The van der Waals surface area contributed by atoms with Crippen LogP contribution in [0.3, 0.4) is 0 Å². The summed E-state index contributed by atoms with van der Waals surface area (Å²) in [6.45, 7) is 2.20. The van der Waals surface area contributed by atoms with Crippen LogP contribution in [0.1, 0.15) is 19.3 Å². The van der Waals surface area contributed by atoms with Gasteiger partial charge >= 0.3 is 11.9 Å². The van der Waals surface area contributed by atoms with E-state index in [1.807, 2.05) is 0 Å². The molecular weight excluding hydrogens is 859 g/mol. The molecule has 4 heterocycles. The molecule has 4 aliphatic heterocycles. The van der Waals surface area contributed by atoms with Gasteiger partial charge in [0, 0.05) is 42.9 Å². The molecule has 0 radical (unpaired) electrons. The smallest absolute Gasteiger partial charge is 0.343 e. The molecule has 0 aromatic carbocycles. The average Bonchev–Trinajstić information content (AvgIpc) is 3.64. The molecule has 2 fully saturated rings. The lowest BCUT2D eigenvalue weighted by atomic mass is 9.83. The molecule has 0 amide bonds. The number of nitrogens with two attached hydrogens (primary N) is 1. The normalized spacial score (nSPS) is 34.8. The molecule has 62 heavy (non-hydrogen) atoms. The topological polar surface area (TPSA) is 329 Å². The van der Waals surface area contributed by atoms with Gasteiger partial charge in [-0.05, 0) is 32.2 Å². The van der Waals surface area contributed by atoms with Crippen LogP contribution in [0.2, 0.25) is 0 Å². The Morgan fingerprint density at radius 1 is 1.15 bits per heavy atom. The van der Waals surface area contributed by atoms with Crippen LogP contribution in [0.5, 0.6) is 0 Å². The summed E-state index contributed by atoms with van der Waals surface area (Å²) in [5.41, 5.74) is 6.51. The number of carboxylic acids is 1. The number of carbonyl (C=O) groups is 2. The highest BCUT2D eigenvalue weighted by atomic mass is 33.1. The van der Waals surface area contributed by atoms with E-state index in [0.29, 0.717) is 41.2 Å². The molecule has 23 heteroatoms. The highest BCUT2D eigenvalue weighted by molar-refractivity contribution is 8.76. The number of aliphatic imine (C=N–C) groups is 1. The summed E-state index contributed by atoms with van der Waals surface area (Å²) in [6, 6.07) is -0.469. The number of fused-ring (bicyclic) bond motifs is 4. The number of quaternary nitrogens is 1. The predicted molar refractivity (Wildman–Crippen MR) is 223 cm³/mol. The SMILES string of the molecule is C=CC1C(OC2OC(CO)C(O)C(O)(O)C2OC(CO)NC)OC=C2C(=O)OC3CCC(CO)C3CSSCC(CO)[NH+]3C=C(C(=O)O)C(NC(N)=NCCCO)=C(C=CC21)C3. The number of carboxylic acid groups (broad SMARTS) is 1. The Hall–Kier alpha value is -3.11. The van der Waals surface area contributed by atoms with Crippen LogP contribution in [0.25, 0.3) is 0 Å². The Labute approximate surface area is 366 Å². The van der Waals surface area contributed by atoms with Crippen molar-refractivity contribution < 1.29 is 84.1 Å². The third-order valence-corrected chi connectivity index (χ3v) is 14.1. The largest absolute Gasteiger partial charge is 0.477 e. The van der Waals surface area contributed by atoms with Crippen LogP contribution in [0, 0.1) is 23.7 Å². The molecule has 0 spiro atoms. The van der Waals surface area contributed by atoms with Gasteiger partial charge < -0.3 is 80.7 Å². The maximum atomic E-state index is 14.3. The highest BCUT2D eigenvalue weighted by Crippen LogP contribution is 2.42. The van der Waals surface area contributed by atoms with E-state index in [2.05, 4.69) is 22.2 Å². The number of aliphatic carboxylic acids is 1. The maximum absolute atomic E-state index is 14.3. The molecule has 1 saturated heterocycles. The molecule has 21 nitrogen and oxygen atoms in total. The number of esters is 1. The molecule has 13 atom stereocenters. The lowest BCUT2D eigenvalue weighted by Crippen LogP contribution is -3.13. The summed E-state index contributed by atoms with van der Waals surface area (Å²) in [5, 5.41) is 98.9. The fourth-order valence-electron chi connectivity index (χ4n) is 8.00. The zero-order valence-electron chi connectivity index (χ0n) is 34.2. The number of hydrogen-bond acceptors (Lipinski definition) is 19. The molecule has 0 aromatic heterocycles. The molecule has 1 aliphatic carbocycles. The second kappa shape index (κ2) is 23.2. The van der Waals surface area contributed by atoms with Crippen molar-refractivity contribution in [2.75, 3.05) is 64.7 Å². The molecule has 348 valence electrons. The van der Waals surface area contributed by atoms with Crippen LogP contribution in [0.15, 0.2) is 64.7 Å². The lowest BCUT2D eigenvalue weighted by molar-refractivity contribution is -0.867. The molecule has 14 N–H and O–H groups in total. The number of carbonyl (C=O) groups excluding carboxylic acids is 1. The van der Waals surface area contributed by atoms with Gasteiger partial charge in [0.05, 0.1) is 49.0 Å². The zero-order valence-corrected chi connectivity index (χ0v) is 35.9. The Morgan fingerprint density at radius 2 is 1.90 bits per heavy atom. The number of ether oxygens (including phenoxy) is 5. The second-order valence-corrected chi connectivity index (χ2v) is 18.0. The molecule has 1 saturated carbocycles. The minimum Gasteiger partial charge on any atom is -0.477 e. The van der Waals surface area contributed by atoms with E-state index in [4.69, 9.17) is 29.4 Å². The summed E-state index contributed by atoms with van der Waals surface area (Å²) in [7, 11) is 4.41. The van der Waals surface area contributed by atoms with E-state index in [1.165, 1.54) is 40.9 Å². The Morgan fingerprint density at radius 3 is 2.55 bits per heavy atom. The standard InChI is InChI=1S/C39H59N5O16S2/c1-3-23-24-7-5-20-11-44(12-25(34(51)52)31(20)43-38(40)42-9-4-10-45)22(14-47)18-61-62-19-27-21(13-46)6-8-28(27)57-35(53)26(24)17-56-36(23)60-37-33(59-30(16-49)41-2)39(54,55)32(50)29(15-48)58-37/h3,5,7,12,17,21-24,27-30,32-33,36-37,41,45-50,54-55H,1,4,6,8-11,13-16,18-19H2,2H3,(H,51,52)(H3,40,42,43)/p+1. The maximum Gasteiger partial charge on any atom is 0.343 e. The van der Waals surface area contributed by atoms with Crippen molar-refractivity contribution in [2.24, 2.45) is 34.4 Å².